The van der Waals surface area contributed by atoms with E-state index in [0.717, 1.165) is 4.90 Å². The maximum absolute atomic E-state index is 12.3. The number of carbonyl (C=O) groups excluding carboxylic acids is 1. The molecule has 1 unspecified atom stereocenters. The molecule has 0 fully saturated rings. The normalized spacial score (nSPS) is 22.4. The molecule has 5 nitrogen and oxygen atoms in total. The Kier molecular flexibility index (Phi) is 4.19. The van der Waals surface area contributed by atoms with Crippen LogP contribution in [0.25, 0.3) is 0 Å². The van der Waals surface area contributed by atoms with Gasteiger partial charge >= 0.3 is 6.18 Å². The number of hydrogen-bond acceptors (Lipinski definition) is 5. The quantitative estimate of drug-likeness (QED) is 0.799. The summed E-state index contributed by atoms with van der Waals surface area (Å²) in [7, 11) is 1.36. The molecule has 0 aromatic heterocycles. The maximum Gasteiger partial charge on any atom is 0.398 e. The average molecular weight is 307 g/mol. The van der Waals surface area contributed by atoms with E-state index in [2.05, 4.69) is 9.98 Å². The van der Waals surface area contributed by atoms with Crippen LogP contribution in [-0.2, 0) is 9.53 Å². The number of carbonyl (C=O) groups is 1. The standard InChI is InChI=1S/C11H12F3N3O2S/c1-6-3-7-8(15-6)9(18)17(5-19-2)10(16-7)20-4-11(12,13)14/h3,8H,4-5H2,1-2H3. The van der Waals surface area contributed by atoms with Gasteiger partial charge in [0.25, 0.3) is 5.91 Å². The van der Waals surface area contributed by atoms with Gasteiger partial charge in [-0.25, -0.2) is 4.99 Å². The minimum absolute atomic E-state index is 0.0124. The van der Waals surface area contributed by atoms with Crippen LogP contribution in [0, 0.1) is 0 Å². The van der Waals surface area contributed by atoms with Crippen LogP contribution in [0.3, 0.4) is 0 Å². The van der Waals surface area contributed by atoms with E-state index < -0.39 is 23.9 Å². The molecule has 0 saturated carbocycles. The number of alkyl halides is 3. The third kappa shape index (κ3) is 3.21. The van der Waals surface area contributed by atoms with Crippen molar-refractivity contribution in [3.8, 4) is 0 Å². The second-order valence-corrected chi connectivity index (χ2v) is 5.17. The molecular formula is C11H12F3N3O2S. The van der Waals surface area contributed by atoms with Crippen molar-refractivity contribution in [2.75, 3.05) is 19.6 Å². The highest BCUT2D eigenvalue weighted by atomic mass is 32.2. The van der Waals surface area contributed by atoms with Crippen molar-refractivity contribution in [2.45, 2.75) is 19.1 Å². The summed E-state index contributed by atoms with van der Waals surface area (Å²) < 4.78 is 41.8. The Hall–Kier alpha value is -1.35. The molecule has 2 heterocycles. The highest BCUT2D eigenvalue weighted by molar-refractivity contribution is 8.13. The lowest BCUT2D eigenvalue weighted by molar-refractivity contribution is -0.131. The molecule has 1 atom stereocenters. The first-order valence-corrected chi connectivity index (χ1v) is 6.65. The van der Waals surface area contributed by atoms with Crippen LogP contribution < -0.4 is 0 Å². The van der Waals surface area contributed by atoms with Gasteiger partial charge in [0.05, 0.1) is 11.4 Å². The van der Waals surface area contributed by atoms with Crippen molar-refractivity contribution in [2.24, 2.45) is 9.98 Å². The molecule has 0 aliphatic carbocycles. The van der Waals surface area contributed by atoms with Crippen LogP contribution in [0.4, 0.5) is 13.2 Å². The number of thioether (sulfide) groups is 1. The first-order valence-electron chi connectivity index (χ1n) is 5.66. The number of halogens is 3. The number of nitrogens with zero attached hydrogens (tertiary/aromatic N) is 3. The third-order valence-corrected chi connectivity index (χ3v) is 3.59. The fourth-order valence-corrected chi connectivity index (χ4v) is 2.55. The molecule has 0 aromatic carbocycles. The molecule has 110 valence electrons. The Bertz CT molecular complexity index is 514. The summed E-state index contributed by atoms with van der Waals surface area (Å²) in [5.41, 5.74) is 1.01. The molecule has 0 aromatic rings. The van der Waals surface area contributed by atoms with Crippen LogP contribution in [0.2, 0.25) is 0 Å². The monoisotopic (exact) mass is 307 g/mol. The van der Waals surface area contributed by atoms with E-state index in [1.807, 2.05) is 0 Å². The summed E-state index contributed by atoms with van der Waals surface area (Å²) in [4.78, 5) is 21.5. The molecule has 0 bridgehead atoms. The average Bonchev–Trinajstić information content (AvgIpc) is 2.71. The van der Waals surface area contributed by atoms with E-state index in [4.69, 9.17) is 4.74 Å². The number of rotatable bonds is 3. The van der Waals surface area contributed by atoms with Gasteiger partial charge in [-0.3, -0.25) is 14.7 Å². The number of hydrogen-bond donors (Lipinski definition) is 0. The predicted molar refractivity (Wildman–Crippen MR) is 69.7 cm³/mol. The second-order valence-electron chi connectivity index (χ2n) is 4.22. The van der Waals surface area contributed by atoms with Gasteiger partial charge in [-0.05, 0) is 13.0 Å². The fourth-order valence-electron chi connectivity index (χ4n) is 1.79. The Balaban J connectivity index is 2.24. The molecule has 2 aliphatic heterocycles. The summed E-state index contributed by atoms with van der Waals surface area (Å²) in [6.45, 7) is 1.55. The van der Waals surface area contributed by atoms with E-state index in [-0.39, 0.29) is 11.9 Å². The highest BCUT2D eigenvalue weighted by Gasteiger charge is 2.39. The number of ether oxygens (including phenoxy) is 1. The number of fused-ring (bicyclic) bond motifs is 1. The number of aliphatic imine (C=N–C) groups is 2. The molecule has 0 radical (unpaired) electrons. The lowest BCUT2D eigenvalue weighted by Gasteiger charge is -2.29. The van der Waals surface area contributed by atoms with Crippen molar-refractivity contribution in [1.29, 1.82) is 0 Å². The summed E-state index contributed by atoms with van der Waals surface area (Å²) in [6, 6.07) is -0.764. The minimum Gasteiger partial charge on any atom is -0.364 e. The van der Waals surface area contributed by atoms with Crippen molar-refractivity contribution in [3.63, 3.8) is 0 Å². The zero-order valence-electron chi connectivity index (χ0n) is 10.8. The van der Waals surface area contributed by atoms with E-state index >= 15 is 0 Å². The SMILES string of the molecule is COCN1C(=O)C2N=C(C)C=C2N=C1SCC(F)(F)F. The Morgan fingerprint density at radius 2 is 2.20 bits per heavy atom. The van der Waals surface area contributed by atoms with Crippen LogP contribution in [0.5, 0.6) is 0 Å². The zero-order chi connectivity index (χ0) is 14.9. The van der Waals surface area contributed by atoms with Gasteiger partial charge in [0.1, 0.15) is 6.73 Å². The number of allylic oxidation sites excluding steroid dienone is 1. The number of methoxy groups -OCH3 is 1. The number of amidine groups is 1. The smallest absolute Gasteiger partial charge is 0.364 e. The van der Waals surface area contributed by atoms with Gasteiger partial charge in [0, 0.05) is 12.8 Å². The van der Waals surface area contributed by atoms with E-state index in [1.54, 1.807) is 13.0 Å². The summed E-state index contributed by atoms with van der Waals surface area (Å²) in [6.07, 6.45) is -2.73. The minimum atomic E-state index is -4.33. The molecule has 2 rings (SSSR count). The van der Waals surface area contributed by atoms with Crippen molar-refractivity contribution in [3.05, 3.63) is 11.8 Å². The molecule has 9 heteroatoms. The predicted octanol–water partition coefficient (Wildman–Crippen LogP) is 1.81. The topological polar surface area (TPSA) is 54.3 Å². The summed E-state index contributed by atoms with van der Waals surface area (Å²) in [5, 5.41) is -0.0124. The molecule has 2 aliphatic rings. The lowest BCUT2D eigenvalue weighted by Crippen LogP contribution is -2.46. The second kappa shape index (κ2) is 5.57. The van der Waals surface area contributed by atoms with Crippen LogP contribution in [0.1, 0.15) is 6.92 Å². The molecule has 1 amide bonds. The molecule has 0 spiro atoms. The molecule has 20 heavy (non-hydrogen) atoms. The van der Waals surface area contributed by atoms with Crippen LogP contribution in [0.15, 0.2) is 21.8 Å². The third-order valence-electron chi connectivity index (χ3n) is 2.55. The number of amides is 1. The lowest BCUT2D eigenvalue weighted by atomic mass is 10.2. The van der Waals surface area contributed by atoms with Gasteiger partial charge < -0.3 is 4.74 Å². The van der Waals surface area contributed by atoms with Gasteiger partial charge in [0.15, 0.2) is 11.2 Å². The van der Waals surface area contributed by atoms with E-state index in [9.17, 15) is 18.0 Å². The van der Waals surface area contributed by atoms with Gasteiger partial charge in [-0.15, -0.1) is 0 Å². The molecule has 0 saturated heterocycles. The van der Waals surface area contributed by atoms with Crippen molar-refractivity contribution >= 4 is 28.5 Å². The van der Waals surface area contributed by atoms with E-state index in [0.29, 0.717) is 23.2 Å². The molecule has 0 N–H and O–H groups in total. The van der Waals surface area contributed by atoms with Crippen molar-refractivity contribution in [1.82, 2.24) is 4.90 Å². The highest BCUT2D eigenvalue weighted by Crippen LogP contribution is 2.30. The Morgan fingerprint density at radius 3 is 2.80 bits per heavy atom. The summed E-state index contributed by atoms with van der Waals surface area (Å²) in [5.74, 6) is -1.54. The maximum atomic E-state index is 12.3. The first-order chi connectivity index (χ1) is 9.31. The Labute approximate surface area is 117 Å². The van der Waals surface area contributed by atoms with Crippen molar-refractivity contribution < 1.29 is 22.7 Å². The van der Waals surface area contributed by atoms with Crippen LogP contribution >= 0.6 is 11.8 Å². The molecular weight excluding hydrogens is 295 g/mol. The first kappa shape index (κ1) is 15.0. The van der Waals surface area contributed by atoms with E-state index in [1.165, 1.54) is 7.11 Å². The van der Waals surface area contributed by atoms with Gasteiger partial charge in [-0.1, -0.05) is 11.8 Å². The largest absolute Gasteiger partial charge is 0.398 e. The zero-order valence-corrected chi connectivity index (χ0v) is 11.6. The fraction of sp³-hybridized carbons (Fsp3) is 0.545. The Morgan fingerprint density at radius 1 is 1.50 bits per heavy atom. The van der Waals surface area contributed by atoms with Gasteiger partial charge in [0.2, 0.25) is 0 Å². The van der Waals surface area contributed by atoms with Crippen LogP contribution in [-0.4, -0.2) is 53.5 Å². The summed E-state index contributed by atoms with van der Waals surface area (Å²) >= 11 is 0.465. The van der Waals surface area contributed by atoms with Gasteiger partial charge in [-0.2, -0.15) is 13.2 Å².